The molecule has 21 heavy (non-hydrogen) atoms. The van der Waals surface area contributed by atoms with E-state index in [1.54, 1.807) is 13.3 Å². The van der Waals surface area contributed by atoms with E-state index in [1.807, 2.05) is 32.0 Å². The fourth-order valence-electron chi connectivity index (χ4n) is 2.33. The van der Waals surface area contributed by atoms with Gasteiger partial charge in [-0.2, -0.15) is 5.10 Å². The minimum absolute atomic E-state index is 0.275. The summed E-state index contributed by atoms with van der Waals surface area (Å²) in [4.78, 5) is 0. The Morgan fingerprint density at radius 3 is 2.76 bits per heavy atom. The molecule has 0 bridgehead atoms. The van der Waals surface area contributed by atoms with E-state index in [-0.39, 0.29) is 5.88 Å². The number of benzene rings is 1. The highest BCUT2D eigenvalue weighted by Crippen LogP contribution is 2.38. The summed E-state index contributed by atoms with van der Waals surface area (Å²) in [6.45, 7) is 3.91. The van der Waals surface area contributed by atoms with Crippen molar-refractivity contribution in [3.63, 3.8) is 0 Å². The lowest BCUT2D eigenvalue weighted by Crippen LogP contribution is -1.91. The lowest BCUT2D eigenvalue weighted by Gasteiger charge is -2.08. The zero-order chi connectivity index (χ0) is 15.0. The molecule has 2 heterocycles. The molecule has 0 unspecified atom stereocenters. The lowest BCUT2D eigenvalue weighted by molar-refractivity contribution is 0.412. The summed E-state index contributed by atoms with van der Waals surface area (Å²) in [6.07, 6.45) is 1.71. The molecule has 0 fully saturated rings. The van der Waals surface area contributed by atoms with Crippen LogP contribution in [0.25, 0.3) is 22.4 Å². The van der Waals surface area contributed by atoms with Crippen molar-refractivity contribution in [2.75, 3.05) is 12.8 Å². The Morgan fingerprint density at radius 1 is 1.29 bits per heavy atom. The third-order valence-electron chi connectivity index (χ3n) is 3.50. The van der Waals surface area contributed by atoms with E-state index >= 15 is 0 Å². The molecular formula is C15H16N4O2. The van der Waals surface area contributed by atoms with E-state index in [1.165, 1.54) is 0 Å². The highest BCUT2D eigenvalue weighted by Gasteiger charge is 2.20. The molecule has 0 amide bonds. The second-order valence-corrected chi connectivity index (χ2v) is 4.86. The van der Waals surface area contributed by atoms with Gasteiger partial charge >= 0.3 is 0 Å². The van der Waals surface area contributed by atoms with Gasteiger partial charge in [0.2, 0.25) is 5.88 Å². The second-order valence-electron chi connectivity index (χ2n) is 4.86. The molecule has 3 rings (SSSR count). The van der Waals surface area contributed by atoms with Crippen molar-refractivity contribution >= 4 is 5.88 Å². The maximum Gasteiger partial charge on any atom is 0.230 e. The maximum atomic E-state index is 5.96. The number of methoxy groups -OCH3 is 1. The largest absolute Gasteiger partial charge is 0.496 e. The van der Waals surface area contributed by atoms with Crippen LogP contribution in [0.2, 0.25) is 0 Å². The van der Waals surface area contributed by atoms with Crippen LogP contribution in [0.5, 0.6) is 5.75 Å². The van der Waals surface area contributed by atoms with Crippen LogP contribution in [-0.2, 0) is 0 Å². The summed E-state index contributed by atoms with van der Waals surface area (Å²) in [5.74, 6) is 1.07. The Hall–Kier alpha value is -2.76. The minimum Gasteiger partial charge on any atom is -0.496 e. The predicted octanol–water partition coefficient (Wildman–Crippen LogP) is 2.94. The van der Waals surface area contributed by atoms with Gasteiger partial charge < -0.3 is 15.0 Å². The second kappa shape index (κ2) is 4.97. The molecule has 0 saturated carbocycles. The number of ether oxygens (including phenoxy) is 1. The average molecular weight is 284 g/mol. The topological polar surface area (TPSA) is 90.0 Å². The molecule has 6 heteroatoms. The van der Waals surface area contributed by atoms with Crippen molar-refractivity contribution in [2.45, 2.75) is 13.8 Å². The van der Waals surface area contributed by atoms with Gasteiger partial charge in [0.05, 0.1) is 18.9 Å². The van der Waals surface area contributed by atoms with Crippen molar-refractivity contribution in [2.24, 2.45) is 0 Å². The van der Waals surface area contributed by atoms with E-state index in [4.69, 9.17) is 15.0 Å². The summed E-state index contributed by atoms with van der Waals surface area (Å²) in [5.41, 5.74) is 11.1. The summed E-state index contributed by atoms with van der Waals surface area (Å²) in [5, 5.41) is 11.0. The van der Waals surface area contributed by atoms with Gasteiger partial charge in [-0.1, -0.05) is 17.3 Å². The number of aromatic amines is 1. The quantitative estimate of drug-likeness (QED) is 0.771. The smallest absolute Gasteiger partial charge is 0.230 e. The lowest BCUT2D eigenvalue weighted by atomic mass is 10.00. The van der Waals surface area contributed by atoms with E-state index in [0.717, 1.165) is 33.7 Å². The van der Waals surface area contributed by atoms with Crippen LogP contribution in [0, 0.1) is 13.8 Å². The van der Waals surface area contributed by atoms with Gasteiger partial charge in [-0.3, -0.25) is 5.10 Å². The third kappa shape index (κ3) is 2.14. The molecule has 0 aliphatic carbocycles. The minimum atomic E-state index is 0.275. The van der Waals surface area contributed by atoms with Crippen molar-refractivity contribution in [1.82, 2.24) is 15.4 Å². The van der Waals surface area contributed by atoms with Crippen LogP contribution >= 0.6 is 0 Å². The summed E-state index contributed by atoms with van der Waals surface area (Å²) in [6, 6.07) is 5.88. The summed E-state index contributed by atoms with van der Waals surface area (Å²) in [7, 11) is 1.64. The number of nitrogen functional groups attached to an aromatic ring is 1. The van der Waals surface area contributed by atoms with E-state index in [9.17, 15) is 0 Å². The molecule has 0 aliphatic rings. The molecule has 108 valence electrons. The number of H-pyrrole nitrogens is 1. The first-order valence-electron chi connectivity index (χ1n) is 6.52. The third-order valence-corrected chi connectivity index (χ3v) is 3.50. The zero-order valence-electron chi connectivity index (χ0n) is 12.1. The first-order chi connectivity index (χ1) is 10.1. The monoisotopic (exact) mass is 284 g/mol. The number of hydrogen-bond donors (Lipinski definition) is 2. The fourth-order valence-corrected chi connectivity index (χ4v) is 2.33. The summed E-state index contributed by atoms with van der Waals surface area (Å²) < 4.78 is 10.5. The van der Waals surface area contributed by atoms with E-state index in [0.29, 0.717) is 5.69 Å². The van der Waals surface area contributed by atoms with E-state index < -0.39 is 0 Å². The molecule has 3 N–H and O–H groups in total. The number of nitrogens with zero attached hydrogens (tertiary/aromatic N) is 2. The molecule has 3 aromatic rings. The molecule has 1 aromatic carbocycles. The molecule has 2 aromatic heterocycles. The number of aryl methyl sites for hydroxylation is 2. The SMILES string of the molecule is COc1cc(-c2c(-c3cn[nH]c3C)noc2N)ccc1C. The first kappa shape index (κ1) is 13.2. The number of hydrogen-bond acceptors (Lipinski definition) is 5. The van der Waals surface area contributed by atoms with Gasteiger partial charge in [-0.15, -0.1) is 0 Å². The zero-order valence-corrected chi connectivity index (χ0v) is 12.1. The number of nitrogens with one attached hydrogen (secondary N) is 1. The Balaban J connectivity index is 2.19. The van der Waals surface area contributed by atoms with Crippen LogP contribution in [0.4, 0.5) is 5.88 Å². The molecule has 0 spiro atoms. The molecule has 0 radical (unpaired) electrons. The van der Waals surface area contributed by atoms with Gasteiger partial charge in [0.15, 0.2) is 0 Å². The number of anilines is 1. The van der Waals surface area contributed by atoms with Crippen molar-refractivity contribution in [3.05, 3.63) is 35.7 Å². The van der Waals surface area contributed by atoms with Crippen LogP contribution in [0.3, 0.4) is 0 Å². The van der Waals surface area contributed by atoms with Gasteiger partial charge in [0, 0.05) is 11.3 Å². The van der Waals surface area contributed by atoms with Gasteiger partial charge in [0.25, 0.3) is 0 Å². The van der Waals surface area contributed by atoms with Crippen molar-refractivity contribution in [3.8, 4) is 28.1 Å². The van der Waals surface area contributed by atoms with Gasteiger partial charge in [-0.05, 0) is 31.0 Å². The van der Waals surface area contributed by atoms with Crippen LogP contribution in [0.15, 0.2) is 28.9 Å². The highest BCUT2D eigenvalue weighted by atomic mass is 16.5. The van der Waals surface area contributed by atoms with E-state index in [2.05, 4.69) is 15.4 Å². The first-order valence-corrected chi connectivity index (χ1v) is 6.52. The Morgan fingerprint density at radius 2 is 2.10 bits per heavy atom. The van der Waals surface area contributed by atoms with Gasteiger partial charge in [-0.25, -0.2) is 0 Å². The predicted molar refractivity (Wildman–Crippen MR) is 80.0 cm³/mol. The average Bonchev–Trinajstić information content (AvgIpc) is 3.05. The molecular weight excluding hydrogens is 268 g/mol. The maximum absolute atomic E-state index is 5.96. The van der Waals surface area contributed by atoms with Crippen molar-refractivity contribution in [1.29, 1.82) is 0 Å². The Labute approximate surface area is 121 Å². The molecule has 0 aliphatic heterocycles. The highest BCUT2D eigenvalue weighted by molar-refractivity contribution is 5.87. The Kier molecular flexibility index (Phi) is 3.13. The van der Waals surface area contributed by atoms with Crippen LogP contribution in [-0.4, -0.2) is 22.5 Å². The molecule has 6 nitrogen and oxygen atoms in total. The Bertz CT molecular complexity index is 789. The molecule has 0 atom stereocenters. The molecule has 0 saturated heterocycles. The summed E-state index contributed by atoms with van der Waals surface area (Å²) >= 11 is 0. The van der Waals surface area contributed by atoms with Gasteiger partial charge in [0.1, 0.15) is 11.4 Å². The standard InChI is InChI=1S/C15H16N4O2/c1-8-4-5-10(6-12(8)20-3)13-14(19-21-15(13)16)11-7-17-18-9(11)2/h4-7H,16H2,1-3H3,(H,17,18). The fraction of sp³-hybridized carbons (Fsp3) is 0.200. The number of rotatable bonds is 3. The normalized spacial score (nSPS) is 10.8. The number of aromatic nitrogens is 3. The number of nitrogens with two attached hydrogens (primary N) is 1. The van der Waals surface area contributed by atoms with Crippen molar-refractivity contribution < 1.29 is 9.26 Å². The van der Waals surface area contributed by atoms with Crippen LogP contribution in [0.1, 0.15) is 11.3 Å². The van der Waals surface area contributed by atoms with Crippen LogP contribution < -0.4 is 10.5 Å².